The Morgan fingerprint density at radius 3 is 2.54 bits per heavy atom. The van der Waals surface area contributed by atoms with Gasteiger partial charge in [0.15, 0.2) is 11.4 Å². The maximum atomic E-state index is 14.0. The third kappa shape index (κ3) is 6.59. The summed E-state index contributed by atoms with van der Waals surface area (Å²) in [5.74, 6) is 1.81. The van der Waals surface area contributed by atoms with Crippen LogP contribution in [0.1, 0.15) is 88.6 Å². The van der Waals surface area contributed by atoms with Gasteiger partial charge in [0.2, 0.25) is 5.91 Å². The van der Waals surface area contributed by atoms with Gasteiger partial charge in [-0.25, -0.2) is 9.97 Å². The van der Waals surface area contributed by atoms with Gasteiger partial charge in [-0.2, -0.15) is 10.4 Å². The molecule has 9 heteroatoms. The Hall–Kier alpha value is -3.77. The Balaban J connectivity index is 1.34. The number of aromatic nitrogens is 4. The molecule has 41 heavy (non-hydrogen) atoms. The second-order valence-electron chi connectivity index (χ2n) is 11.8. The van der Waals surface area contributed by atoms with Gasteiger partial charge < -0.3 is 9.84 Å². The number of ether oxygens (including phenoxy) is 1. The molecule has 3 aromatic rings. The van der Waals surface area contributed by atoms with Crippen LogP contribution in [0.4, 0.5) is 5.82 Å². The highest BCUT2D eigenvalue weighted by molar-refractivity contribution is 5.94. The first-order valence-corrected chi connectivity index (χ1v) is 14.8. The van der Waals surface area contributed by atoms with Crippen LogP contribution >= 0.6 is 0 Å². The first-order valence-electron chi connectivity index (χ1n) is 14.8. The van der Waals surface area contributed by atoms with Crippen LogP contribution in [0.2, 0.25) is 0 Å². The van der Waals surface area contributed by atoms with Crippen LogP contribution in [-0.4, -0.2) is 50.5 Å². The number of aliphatic hydroxyl groups excluding tert-OH is 1. The SMILES string of the molecule is COc1ccc([C@H]2CC[C@H](CN(c3cc(-c4cnn(C(C)C)c4)ccn3)C(=O)[C@H]3CC[C@H](O)CC3)CC2)nc1C#N. The van der Waals surface area contributed by atoms with E-state index in [0.29, 0.717) is 55.4 Å². The number of nitrogens with zero attached hydrogens (tertiary/aromatic N) is 6. The monoisotopic (exact) mass is 556 g/mol. The summed E-state index contributed by atoms with van der Waals surface area (Å²) in [6.07, 6.45) is 11.9. The van der Waals surface area contributed by atoms with E-state index in [9.17, 15) is 15.2 Å². The standard InChI is InChI=1S/C32H40N6O3/c1-21(2)38-20-26(18-35-38)25-14-15-34-31(16-25)37(32(40)24-8-10-27(39)11-9-24)19-22-4-6-23(7-5-22)28-12-13-30(41-3)29(17-33)36-28/h12-16,18,20-24,27,39H,4-11,19H2,1-3H3/t22-,23-,24-,27-. The number of nitriles is 1. The van der Waals surface area contributed by atoms with Gasteiger partial charge in [-0.1, -0.05) is 0 Å². The fourth-order valence-corrected chi connectivity index (χ4v) is 6.19. The lowest BCUT2D eigenvalue weighted by atomic mass is 9.79. The summed E-state index contributed by atoms with van der Waals surface area (Å²) >= 11 is 0. The van der Waals surface area contributed by atoms with Gasteiger partial charge in [0.05, 0.1) is 19.4 Å². The smallest absolute Gasteiger partial charge is 0.231 e. The maximum absolute atomic E-state index is 14.0. The molecule has 0 aromatic carbocycles. The molecule has 2 aliphatic carbocycles. The molecule has 216 valence electrons. The molecule has 3 heterocycles. The third-order valence-corrected chi connectivity index (χ3v) is 8.71. The number of hydrogen-bond donors (Lipinski definition) is 1. The Bertz CT molecular complexity index is 1380. The molecule has 9 nitrogen and oxygen atoms in total. The number of aliphatic hydroxyl groups is 1. The number of methoxy groups -OCH3 is 1. The van der Waals surface area contributed by atoms with Crippen LogP contribution in [0, 0.1) is 23.2 Å². The molecule has 2 saturated carbocycles. The van der Waals surface area contributed by atoms with Crippen molar-refractivity contribution < 1.29 is 14.6 Å². The zero-order valence-electron chi connectivity index (χ0n) is 24.2. The van der Waals surface area contributed by atoms with Crippen molar-refractivity contribution in [3.05, 3.63) is 54.2 Å². The third-order valence-electron chi connectivity index (χ3n) is 8.71. The molecule has 1 N–H and O–H groups in total. The molecule has 0 aliphatic heterocycles. The van der Waals surface area contributed by atoms with Gasteiger partial charge in [0.1, 0.15) is 11.9 Å². The van der Waals surface area contributed by atoms with E-state index < -0.39 is 0 Å². The van der Waals surface area contributed by atoms with Gasteiger partial charge in [0, 0.05) is 48.1 Å². The molecule has 2 fully saturated rings. The molecule has 0 bridgehead atoms. The minimum absolute atomic E-state index is 0.100. The van der Waals surface area contributed by atoms with Crippen LogP contribution in [0.5, 0.6) is 5.75 Å². The minimum atomic E-state index is -0.310. The van der Waals surface area contributed by atoms with Crippen LogP contribution < -0.4 is 9.64 Å². The van der Waals surface area contributed by atoms with Gasteiger partial charge in [-0.3, -0.25) is 14.4 Å². The van der Waals surface area contributed by atoms with Gasteiger partial charge in [0.25, 0.3) is 0 Å². The Kier molecular flexibility index (Phi) is 8.99. The second kappa shape index (κ2) is 12.8. The lowest BCUT2D eigenvalue weighted by Gasteiger charge is -2.35. The number of pyridine rings is 2. The molecule has 3 aromatic heterocycles. The van der Waals surface area contributed by atoms with Crippen molar-refractivity contribution in [2.45, 2.75) is 83.3 Å². The number of amides is 1. The molecular formula is C32H40N6O3. The molecule has 0 unspecified atom stereocenters. The van der Waals surface area contributed by atoms with E-state index in [2.05, 4.69) is 35.0 Å². The molecule has 0 radical (unpaired) electrons. The maximum Gasteiger partial charge on any atom is 0.231 e. The summed E-state index contributed by atoms with van der Waals surface area (Å²) in [5.41, 5.74) is 3.25. The minimum Gasteiger partial charge on any atom is -0.494 e. The lowest BCUT2D eigenvalue weighted by molar-refractivity contribution is -0.124. The highest BCUT2D eigenvalue weighted by Crippen LogP contribution is 2.38. The average Bonchev–Trinajstić information content (AvgIpc) is 3.51. The highest BCUT2D eigenvalue weighted by Gasteiger charge is 2.33. The second-order valence-corrected chi connectivity index (χ2v) is 11.8. The molecule has 0 atom stereocenters. The van der Waals surface area contributed by atoms with Crippen molar-refractivity contribution >= 4 is 11.7 Å². The Morgan fingerprint density at radius 2 is 1.88 bits per heavy atom. The zero-order chi connectivity index (χ0) is 28.9. The molecule has 1 amide bonds. The summed E-state index contributed by atoms with van der Waals surface area (Å²) in [6, 6.07) is 10.2. The number of rotatable bonds is 8. The van der Waals surface area contributed by atoms with E-state index in [-0.39, 0.29) is 29.9 Å². The first kappa shape index (κ1) is 28.7. The molecule has 0 saturated heterocycles. The fourth-order valence-electron chi connectivity index (χ4n) is 6.19. The predicted molar refractivity (Wildman–Crippen MR) is 156 cm³/mol. The number of hydrogen-bond acceptors (Lipinski definition) is 7. The van der Waals surface area contributed by atoms with E-state index in [1.54, 1.807) is 13.3 Å². The van der Waals surface area contributed by atoms with E-state index in [1.807, 2.05) is 46.2 Å². The van der Waals surface area contributed by atoms with Crippen LogP contribution in [-0.2, 0) is 4.79 Å². The van der Waals surface area contributed by atoms with Gasteiger partial charge in [-0.15, -0.1) is 0 Å². The zero-order valence-corrected chi connectivity index (χ0v) is 24.2. The van der Waals surface area contributed by atoms with Crippen molar-refractivity contribution in [2.75, 3.05) is 18.6 Å². The average molecular weight is 557 g/mol. The summed E-state index contributed by atoms with van der Waals surface area (Å²) in [4.78, 5) is 25.1. The molecule has 5 rings (SSSR count). The molecule has 2 aliphatic rings. The first-order chi connectivity index (χ1) is 19.9. The largest absolute Gasteiger partial charge is 0.494 e. The van der Waals surface area contributed by atoms with Crippen molar-refractivity contribution in [2.24, 2.45) is 11.8 Å². The van der Waals surface area contributed by atoms with Crippen molar-refractivity contribution in [3.63, 3.8) is 0 Å². The van der Waals surface area contributed by atoms with Crippen LogP contribution in [0.3, 0.4) is 0 Å². The molecular weight excluding hydrogens is 516 g/mol. The number of carbonyl (C=O) groups excluding carboxylic acids is 1. The van der Waals surface area contributed by atoms with E-state index >= 15 is 0 Å². The number of anilines is 1. The summed E-state index contributed by atoms with van der Waals surface area (Å²) in [7, 11) is 1.55. The Morgan fingerprint density at radius 1 is 1.12 bits per heavy atom. The lowest BCUT2D eigenvalue weighted by Crippen LogP contribution is -2.42. The quantitative estimate of drug-likeness (QED) is 0.380. The summed E-state index contributed by atoms with van der Waals surface area (Å²) < 4.78 is 7.19. The van der Waals surface area contributed by atoms with Crippen molar-refractivity contribution in [1.82, 2.24) is 19.7 Å². The van der Waals surface area contributed by atoms with Crippen molar-refractivity contribution in [3.8, 4) is 22.9 Å². The van der Waals surface area contributed by atoms with Gasteiger partial charge in [-0.05, 0) is 101 Å². The Labute approximate surface area is 242 Å². The summed E-state index contributed by atoms with van der Waals surface area (Å²) in [5, 5.41) is 24.0. The fraction of sp³-hybridized carbons (Fsp3) is 0.531. The van der Waals surface area contributed by atoms with Gasteiger partial charge >= 0.3 is 0 Å². The van der Waals surface area contributed by atoms with E-state index in [0.717, 1.165) is 42.5 Å². The topological polar surface area (TPSA) is 117 Å². The van der Waals surface area contributed by atoms with Crippen molar-refractivity contribution in [1.29, 1.82) is 5.26 Å². The van der Waals surface area contributed by atoms with E-state index in [1.165, 1.54) is 0 Å². The normalized spacial score (nSPS) is 22.7. The van der Waals surface area contributed by atoms with Crippen LogP contribution in [0.15, 0.2) is 42.9 Å². The predicted octanol–water partition coefficient (Wildman–Crippen LogP) is 5.66. The van der Waals surface area contributed by atoms with E-state index in [4.69, 9.17) is 4.74 Å². The van der Waals surface area contributed by atoms with Crippen LogP contribution in [0.25, 0.3) is 11.1 Å². The highest BCUT2D eigenvalue weighted by atomic mass is 16.5. The number of carbonyl (C=O) groups is 1. The summed E-state index contributed by atoms with van der Waals surface area (Å²) in [6.45, 7) is 4.81. The molecule has 0 spiro atoms.